The summed E-state index contributed by atoms with van der Waals surface area (Å²) in [5, 5.41) is 21.9. The number of carbonyl (C=O) groups excluding carboxylic acids is 1. The van der Waals surface area contributed by atoms with Crippen molar-refractivity contribution in [2.24, 2.45) is 0 Å². The van der Waals surface area contributed by atoms with Crippen molar-refractivity contribution in [1.29, 1.82) is 0 Å². The van der Waals surface area contributed by atoms with Crippen LogP contribution in [-0.2, 0) is 6.42 Å². The fourth-order valence-electron chi connectivity index (χ4n) is 1.78. The Bertz CT molecular complexity index is 628. The van der Waals surface area contributed by atoms with Gasteiger partial charge in [-0.1, -0.05) is 23.7 Å². The molecule has 0 unspecified atom stereocenters. The number of carbonyl (C=O) groups is 1. The van der Waals surface area contributed by atoms with E-state index in [9.17, 15) is 15.0 Å². The zero-order valence-electron chi connectivity index (χ0n) is 10.6. The Labute approximate surface area is 121 Å². The lowest BCUT2D eigenvalue weighted by Gasteiger charge is -2.06. The highest BCUT2D eigenvalue weighted by Gasteiger charge is 2.08. The van der Waals surface area contributed by atoms with E-state index in [0.29, 0.717) is 23.6 Å². The number of benzene rings is 2. The van der Waals surface area contributed by atoms with Crippen molar-refractivity contribution in [3.63, 3.8) is 0 Å². The molecule has 2 aromatic carbocycles. The number of phenols is 2. The maximum Gasteiger partial charge on any atom is 0.251 e. The number of rotatable bonds is 4. The van der Waals surface area contributed by atoms with E-state index >= 15 is 0 Å². The van der Waals surface area contributed by atoms with E-state index in [1.165, 1.54) is 18.2 Å². The second kappa shape index (κ2) is 6.30. The molecule has 0 aliphatic heterocycles. The average molecular weight is 292 g/mol. The van der Waals surface area contributed by atoms with Crippen LogP contribution in [-0.4, -0.2) is 22.7 Å². The summed E-state index contributed by atoms with van der Waals surface area (Å²) in [5.74, 6) is -0.865. The molecule has 0 atom stereocenters. The highest BCUT2D eigenvalue weighted by atomic mass is 35.5. The maximum atomic E-state index is 11.8. The third-order valence-electron chi connectivity index (χ3n) is 2.83. The van der Waals surface area contributed by atoms with E-state index < -0.39 is 0 Å². The monoisotopic (exact) mass is 291 g/mol. The van der Waals surface area contributed by atoms with E-state index in [1.54, 1.807) is 6.07 Å². The molecule has 0 saturated heterocycles. The van der Waals surface area contributed by atoms with Crippen molar-refractivity contribution in [3.8, 4) is 11.5 Å². The van der Waals surface area contributed by atoms with Crippen molar-refractivity contribution in [1.82, 2.24) is 5.32 Å². The quantitative estimate of drug-likeness (QED) is 0.759. The maximum absolute atomic E-state index is 11.8. The smallest absolute Gasteiger partial charge is 0.251 e. The predicted octanol–water partition coefficient (Wildman–Crippen LogP) is 2.72. The SMILES string of the molecule is O=C(NCCc1cccc(Cl)c1)c1ccc(O)c(O)c1. The zero-order chi connectivity index (χ0) is 14.5. The molecule has 0 aromatic heterocycles. The minimum Gasteiger partial charge on any atom is -0.504 e. The topological polar surface area (TPSA) is 69.6 Å². The standard InChI is InChI=1S/C15H14ClNO3/c16-12-3-1-2-10(8-12)6-7-17-15(20)11-4-5-13(18)14(19)9-11/h1-5,8-9,18-19H,6-7H2,(H,17,20). The van der Waals surface area contributed by atoms with E-state index in [1.807, 2.05) is 18.2 Å². The van der Waals surface area contributed by atoms with Crippen molar-refractivity contribution < 1.29 is 15.0 Å². The zero-order valence-corrected chi connectivity index (χ0v) is 11.4. The number of hydrogen-bond donors (Lipinski definition) is 3. The number of phenolic OH excluding ortho intramolecular Hbond substituents is 2. The summed E-state index contributed by atoms with van der Waals surface area (Å²) in [6.07, 6.45) is 0.663. The summed E-state index contributed by atoms with van der Waals surface area (Å²) in [6, 6.07) is 11.4. The highest BCUT2D eigenvalue weighted by Crippen LogP contribution is 2.24. The first-order valence-corrected chi connectivity index (χ1v) is 6.48. The summed E-state index contributed by atoms with van der Waals surface area (Å²) >= 11 is 5.88. The van der Waals surface area contributed by atoms with Crippen molar-refractivity contribution in [2.75, 3.05) is 6.54 Å². The van der Waals surface area contributed by atoms with Gasteiger partial charge in [-0.05, 0) is 42.3 Å². The molecule has 0 fully saturated rings. The van der Waals surface area contributed by atoms with Crippen LogP contribution >= 0.6 is 11.6 Å². The third-order valence-corrected chi connectivity index (χ3v) is 3.06. The van der Waals surface area contributed by atoms with Gasteiger partial charge >= 0.3 is 0 Å². The van der Waals surface area contributed by atoms with Gasteiger partial charge in [-0.15, -0.1) is 0 Å². The molecule has 0 bridgehead atoms. The van der Waals surface area contributed by atoms with E-state index in [0.717, 1.165) is 5.56 Å². The molecule has 0 saturated carbocycles. The summed E-state index contributed by atoms with van der Waals surface area (Å²) in [5.41, 5.74) is 1.33. The Kier molecular flexibility index (Phi) is 4.48. The predicted molar refractivity (Wildman–Crippen MR) is 77.3 cm³/mol. The van der Waals surface area contributed by atoms with Gasteiger partial charge in [0.15, 0.2) is 11.5 Å². The van der Waals surface area contributed by atoms with Gasteiger partial charge in [-0.2, -0.15) is 0 Å². The first-order valence-electron chi connectivity index (χ1n) is 6.11. The molecular weight excluding hydrogens is 278 g/mol. The summed E-state index contributed by atoms with van der Waals surface area (Å²) < 4.78 is 0. The van der Waals surface area contributed by atoms with E-state index in [2.05, 4.69) is 5.32 Å². The number of aromatic hydroxyl groups is 2. The van der Waals surface area contributed by atoms with Crippen LogP contribution in [0.4, 0.5) is 0 Å². The molecule has 0 heterocycles. The van der Waals surface area contributed by atoms with Crippen LogP contribution in [0.3, 0.4) is 0 Å². The molecule has 4 nitrogen and oxygen atoms in total. The average Bonchev–Trinajstić information content (AvgIpc) is 2.42. The lowest BCUT2D eigenvalue weighted by atomic mass is 10.1. The molecule has 2 rings (SSSR count). The van der Waals surface area contributed by atoms with Gasteiger partial charge in [0.25, 0.3) is 5.91 Å². The number of amides is 1. The Morgan fingerprint density at radius 1 is 1.10 bits per heavy atom. The van der Waals surface area contributed by atoms with Crippen LogP contribution in [0.2, 0.25) is 5.02 Å². The number of nitrogens with one attached hydrogen (secondary N) is 1. The number of hydrogen-bond acceptors (Lipinski definition) is 3. The normalized spacial score (nSPS) is 10.2. The van der Waals surface area contributed by atoms with Crippen LogP contribution < -0.4 is 5.32 Å². The molecule has 0 aliphatic carbocycles. The molecule has 0 aliphatic rings. The minimum atomic E-state index is -0.313. The largest absolute Gasteiger partial charge is 0.504 e. The second-order valence-corrected chi connectivity index (χ2v) is 4.78. The summed E-state index contributed by atoms with van der Waals surface area (Å²) in [6.45, 7) is 0.459. The van der Waals surface area contributed by atoms with Gasteiger partial charge in [-0.25, -0.2) is 0 Å². The number of halogens is 1. The summed E-state index contributed by atoms with van der Waals surface area (Å²) in [7, 11) is 0. The van der Waals surface area contributed by atoms with E-state index in [4.69, 9.17) is 11.6 Å². The van der Waals surface area contributed by atoms with Crippen molar-refractivity contribution in [3.05, 3.63) is 58.6 Å². The molecule has 5 heteroatoms. The van der Waals surface area contributed by atoms with Gasteiger partial charge in [-0.3, -0.25) is 4.79 Å². The first kappa shape index (κ1) is 14.2. The van der Waals surface area contributed by atoms with Crippen LogP contribution in [0, 0.1) is 0 Å². The molecule has 0 spiro atoms. The Morgan fingerprint density at radius 2 is 1.90 bits per heavy atom. The fraction of sp³-hybridized carbons (Fsp3) is 0.133. The molecule has 0 radical (unpaired) electrons. The van der Waals surface area contributed by atoms with Gasteiger partial charge in [0, 0.05) is 17.1 Å². The van der Waals surface area contributed by atoms with Crippen LogP contribution in [0.15, 0.2) is 42.5 Å². The van der Waals surface area contributed by atoms with Gasteiger partial charge in [0.1, 0.15) is 0 Å². The van der Waals surface area contributed by atoms with Gasteiger partial charge in [0.2, 0.25) is 0 Å². The molecule has 104 valence electrons. The highest BCUT2D eigenvalue weighted by molar-refractivity contribution is 6.30. The lowest BCUT2D eigenvalue weighted by Crippen LogP contribution is -2.25. The second-order valence-electron chi connectivity index (χ2n) is 4.34. The Hall–Kier alpha value is -2.20. The van der Waals surface area contributed by atoms with Crippen molar-refractivity contribution >= 4 is 17.5 Å². The Morgan fingerprint density at radius 3 is 2.60 bits per heavy atom. The molecule has 1 amide bonds. The fourth-order valence-corrected chi connectivity index (χ4v) is 1.99. The molecule has 3 N–H and O–H groups in total. The van der Waals surface area contributed by atoms with E-state index in [-0.39, 0.29) is 17.4 Å². The van der Waals surface area contributed by atoms with Crippen LogP contribution in [0.5, 0.6) is 11.5 Å². The van der Waals surface area contributed by atoms with Gasteiger partial charge < -0.3 is 15.5 Å². The minimum absolute atomic E-state index is 0.250. The van der Waals surface area contributed by atoms with Crippen molar-refractivity contribution in [2.45, 2.75) is 6.42 Å². The van der Waals surface area contributed by atoms with Gasteiger partial charge in [0.05, 0.1) is 0 Å². The molecule has 2 aromatic rings. The third kappa shape index (κ3) is 3.65. The van der Waals surface area contributed by atoms with Crippen LogP contribution in [0.25, 0.3) is 0 Å². The Balaban J connectivity index is 1.90. The molecule has 20 heavy (non-hydrogen) atoms. The lowest BCUT2D eigenvalue weighted by molar-refractivity contribution is 0.0953. The van der Waals surface area contributed by atoms with Crippen LogP contribution in [0.1, 0.15) is 15.9 Å². The summed E-state index contributed by atoms with van der Waals surface area (Å²) in [4.78, 5) is 11.8. The first-order chi connectivity index (χ1) is 9.56. The molecular formula is C15H14ClNO3.